The number of carbonyl (C=O) groups excluding carboxylic acids is 1. The summed E-state index contributed by atoms with van der Waals surface area (Å²) >= 11 is 3.51. The van der Waals surface area contributed by atoms with Crippen LogP contribution in [0.2, 0.25) is 0 Å². The first-order chi connectivity index (χ1) is 8.74. The van der Waals surface area contributed by atoms with Gasteiger partial charge in [-0.2, -0.15) is 0 Å². The minimum Gasteiger partial charge on any atom is -0.347 e. The fourth-order valence-electron chi connectivity index (χ4n) is 2.84. The van der Waals surface area contributed by atoms with Gasteiger partial charge < -0.3 is 4.57 Å². The predicted octanol–water partition coefficient (Wildman–Crippen LogP) is 4.16. The minimum atomic E-state index is 0.301. The molecule has 1 fully saturated rings. The maximum atomic E-state index is 11.6. The molecule has 1 heterocycles. The molecule has 1 atom stereocenters. The molecule has 1 aliphatic carbocycles. The molecular weight excluding hydrogens is 290 g/mol. The first-order valence-corrected chi connectivity index (χ1v) is 7.30. The van der Waals surface area contributed by atoms with E-state index >= 15 is 0 Å². The number of nitrogens with zero attached hydrogens (tertiary/aromatic N) is 1. The van der Waals surface area contributed by atoms with E-state index < -0.39 is 0 Å². The van der Waals surface area contributed by atoms with E-state index in [1.807, 2.05) is 0 Å². The number of halogens is 1. The molecule has 18 heavy (non-hydrogen) atoms. The SMILES string of the molecule is O=C1CCCC1CCn1ccc2ccc(Br)cc21. The van der Waals surface area contributed by atoms with E-state index in [1.54, 1.807) is 0 Å². The lowest BCUT2D eigenvalue weighted by atomic mass is 10.0. The first kappa shape index (κ1) is 12.0. The van der Waals surface area contributed by atoms with E-state index in [-0.39, 0.29) is 0 Å². The third-order valence-electron chi connectivity index (χ3n) is 3.89. The van der Waals surface area contributed by atoms with Crippen molar-refractivity contribution < 1.29 is 4.79 Å². The van der Waals surface area contributed by atoms with Crippen LogP contribution in [0.5, 0.6) is 0 Å². The lowest BCUT2D eigenvalue weighted by Crippen LogP contribution is -2.09. The molecular formula is C15H16BrNO. The quantitative estimate of drug-likeness (QED) is 0.834. The molecule has 0 aliphatic heterocycles. The van der Waals surface area contributed by atoms with Crippen LogP contribution in [0.25, 0.3) is 10.9 Å². The third-order valence-corrected chi connectivity index (χ3v) is 4.38. The first-order valence-electron chi connectivity index (χ1n) is 6.51. The molecule has 0 radical (unpaired) electrons. The van der Waals surface area contributed by atoms with Crippen molar-refractivity contribution in [1.82, 2.24) is 4.57 Å². The summed E-state index contributed by atoms with van der Waals surface area (Å²) in [7, 11) is 0. The summed E-state index contributed by atoms with van der Waals surface area (Å²) in [4.78, 5) is 11.6. The fraction of sp³-hybridized carbons (Fsp3) is 0.400. The zero-order chi connectivity index (χ0) is 12.5. The standard InChI is InChI=1S/C15H16BrNO/c16-13-5-4-11-6-8-17(14(11)10-13)9-7-12-2-1-3-15(12)18/h4-6,8,10,12H,1-3,7,9H2. The number of aromatic nitrogens is 1. The van der Waals surface area contributed by atoms with Gasteiger partial charge in [0.2, 0.25) is 0 Å². The number of fused-ring (bicyclic) bond motifs is 1. The van der Waals surface area contributed by atoms with Crippen LogP contribution in [0.3, 0.4) is 0 Å². The molecule has 1 aromatic heterocycles. The second-order valence-corrected chi connectivity index (χ2v) is 5.97. The number of rotatable bonds is 3. The fourth-order valence-corrected chi connectivity index (χ4v) is 3.19. The highest BCUT2D eigenvalue weighted by atomic mass is 79.9. The molecule has 0 spiro atoms. The van der Waals surface area contributed by atoms with Crippen LogP contribution in [-0.2, 0) is 11.3 Å². The Bertz CT molecular complexity index is 587. The summed E-state index contributed by atoms with van der Waals surface area (Å²) < 4.78 is 3.36. The van der Waals surface area contributed by atoms with Crippen molar-refractivity contribution in [3.63, 3.8) is 0 Å². The summed E-state index contributed by atoms with van der Waals surface area (Å²) in [5, 5.41) is 1.26. The molecule has 1 unspecified atom stereocenters. The average molecular weight is 306 g/mol. The topological polar surface area (TPSA) is 22.0 Å². The van der Waals surface area contributed by atoms with Gasteiger partial charge in [-0.25, -0.2) is 0 Å². The molecule has 1 aromatic carbocycles. The second-order valence-electron chi connectivity index (χ2n) is 5.06. The Morgan fingerprint density at radius 1 is 1.33 bits per heavy atom. The van der Waals surface area contributed by atoms with Gasteiger partial charge in [0.05, 0.1) is 0 Å². The van der Waals surface area contributed by atoms with Crippen molar-refractivity contribution in [2.24, 2.45) is 5.92 Å². The molecule has 2 nitrogen and oxygen atoms in total. The van der Waals surface area contributed by atoms with Crippen LogP contribution in [0.4, 0.5) is 0 Å². The van der Waals surface area contributed by atoms with Crippen LogP contribution in [0.1, 0.15) is 25.7 Å². The zero-order valence-corrected chi connectivity index (χ0v) is 11.8. The highest BCUT2D eigenvalue weighted by molar-refractivity contribution is 9.10. The zero-order valence-electron chi connectivity index (χ0n) is 10.2. The van der Waals surface area contributed by atoms with E-state index in [9.17, 15) is 4.79 Å². The highest BCUT2D eigenvalue weighted by Crippen LogP contribution is 2.26. The van der Waals surface area contributed by atoms with Crippen LogP contribution in [-0.4, -0.2) is 10.4 Å². The van der Waals surface area contributed by atoms with Gasteiger partial charge in [-0.05, 0) is 42.8 Å². The van der Waals surface area contributed by atoms with Crippen molar-refractivity contribution in [2.75, 3.05) is 0 Å². The van der Waals surface area contributed by atoms with E-state index in [1.165, 1.54) is 10.9 Å². The molecule has 1 aliphatic rings. The molecule has 94 valence electrons. The van der Waals surface area contributed by atoms with Crippen molar-refractivity contribution in [3.05, 3.63) is 34.9 Å². The van der Waals surface area contributed by atoms with Gasteiger partial charge in [0.25, 0.3) is 0 Å². The summed E-state index contributed by atoms with van der Waals surface area (Å²) in [5.41, 5.74) is 1.25. The second kappa shape index (κ2) is 4.88. The molecule has 3 heteroatoms. The number of aryl methyl sites for hydroxylation is 1. The molecule has 1 saturated carbocycles. The largest absolute Gasteiger partial charge is 0.347 e. The monoisotopic (exact) mass is 305 g/mol. The number of benzene rings is 1. The molecule has 2 aromatic rings. The lowest BCUT2D eigenvalue weighted by molar-refractivity contribution is -0.120. The smallest absolute Gasteiger partial charge is 0.136 e. The van der Waals surface area contributed by atoms with Gasteiger partial charge >= 0.3 is 0 Å². The predicted molar refractivity (Wildman–Crippen MR) is 76.6 cm³/mol. The van der Waals surface area contributed by atoms with Gasteiger partial charge in [-0.3, -0.25) is 4.79 Å². The van der Waals surface area contributed by atoms with Crippen LogP contribution in [0.15, 0.2) is 34.9 Å². The Kier molecular flexibility index (Phi) is 3.25. The number of ketones is 1. The molecule has 0 bridgehead atoms. The summed E-state index contributed by atoms with van der Waals surface area (Å²) in [6.07, 6.45) is 6.07. The van der Waals surface area contributed by atoms with Gasteiger partial charge in [0.15, 0.2) is 0 Å². The van der Waals surface area contributed by atoms with Crippen molar-refractivity contribution in [1.29, 1.82) is 0 Å². The molecule has 0 N–H and O–H groups in total. The Balaban J connectivity index is 1.78. The highest BCUT2D eigenvalue weighted by Gasteiger charge is 2.23. The Morgan fingerprint density at radius 3 is 3.00 bits per heavy atom. The number of hydrogen-bond acceptors (Lipinski definition) is 1. The maximum Gasteiger partial charge on any atom is 0.136 e. The van der Waals surface area contributed by atoms with E-state index in [0.29, 0.717) is 11.7 Å². The average Bonchev–Trinajstić information content (AvgIpc) is 2.93. The van der Waals surface area contributed by atoms with Crippen LogP contribution < -0.4 is 0 Å². The third kappa shape index (κ3) is 2.24. The number of Topliss-reactive ketones (excluding diaryl/α,β-unsaturated/α-hetero) is 1. The van der Waals surface area contributed by atoms with E-state index in [2.05, 4.69) is 51.0 Å². The van der Waals surface area contributed by atoms with E-state index in [4.69, 9.17) is 0 Å². The number of hydrogen-bond donors (Lipinski definition) is 0. The van der Waals surface area contributed by atoms with Crippen molar-refractivity contribution in [2.45, 2.75) is 32.2 Å². The number of carbonyl (C=O) groups is 1. The van der Waals surface area contributed by atoms with Gasteiger partial charge in [0, 0.05) is 35.1 Å². The van der Waals surface area contributed by atoms with E-state index in [0.717, 1.165) is 36.7 Å². The van der Waals surface area contributed by atoms with Gasteiger partial charge in [0.1, 0.15) is 5.78 Å². The minimum absolute atomic E-state index is 0.301. The molecule has 0 amide bonds. The summed E-state index contributed by atoms with van der Waals surface area (Å²) in [6.45, 7) is 0.941. The van der Waals surface area contributed by atoms with Gasteiger partial charge in [-0.1, -0.05) is 22.0 Å². The van der Waals surface area contributed by atoms with Crippen LogP contribution in [0, 0.1) is 5.92 Å². The maximum absolute atomic E-state index is 11.6. The molecule has 3 rings (SSSR count). The Labute approximate surface area is 115 Å². The van der Waals surface area contributed by atoms with Gasteiger partial charge in [-0.15, -0.1) is 0 Å². The summed E-state index contributed by atoms with van der Waals surface area (Å²) in [5.74, 6) is 0.766. The van der Waals surface area contributed by atoms with Crippen molar-refractivity contribution >= 4 is 32.6 Å². The Morgan fingerprint density at radius 2 is 2.22 bits per heavy atom. The van der Waals surface area contributed by atoms with Crippen LogP contribution >= 0.6 is 15.9 Å². The normalized spacial score (nSPS) is 19.8. The molecule has 0 saturated heterocycles. The lowest BCUT2D eigenvalue weighted by Gasteiger charge is -2.10. The Hall–Kier alpha value is -1.09. The summed E-state index contributed by atoms with van der Waals surface area (Å²) in [6, 6.07) is 8.47. The van der Waals surface area contributed by atoms with Crippen molar-refractivity contribution in [3.8, 4) is 0 Å².